The Bertz CT molecular complexity index is 810. The van der Waals surface area contributed by atoms with Gasteiger partial charge in [0.1, 0.15) is 0 Å². The van der Waals surface area contributed by atoms with Gasteiger partial charge in [0, 0.05) is 26.1 Å². The molecule has 3 N–H and O–H groups in total. The molecule has 0 bridgehead atoms. The first kappa shape index (κ1) is 26.7. The molecule has 1 fully saturated rings. The fourth-order valence-electron chi connectivity index (χ4n) is 3.40. The van der Waals surface area contributed by atoms with Crippen LogP contribution in [-0.2, 0) is 21.1 Å². The van der Waals surface area contributed by atoms with Gasteiger partial charge in [-0.25, -0.2) is 8.42 Å². The minimum absolute atomic E-state index is 0. The maximum absolute atomic E-state index is 12.0. The van der Waals surface area contributed by atoms with Crippen LogP contribution in [0.2, 0.25) is 0 Å². The first-order valence-electron chi connectivity index (χ1n) is 10.2. The highest BCUT2D eigenvalue weighted by atomic mass is 127. The van der Waals surface area contributed by atoms with Gasteiger partial charge in [-0.05, 0) is 36.8 Å². The molecule has 1 heterocycles. The van der Waals surface area contributed by atoms with Crippen LogP contribution in [0.5, 0.6) is 0 Å². The lowest BCUT2D eigenvalue weighted by Crippen LogP contribution is -2.41. The van der Waals surface area contributed by atoms with E-state index >= 15 is 0 Å². The minimum Gasteiger partial charge on any atom is -0.356 e. The summed E-state index contributed by atoms with van der Waals surface area (Å²) in [5.74, 6) is 1.31. The first-order valence-corrected chi connectivity index (χ1v) is 12.1. The zero-order valence-corrected chi connectivity index (χ0v) is 21.4. The van der Waals surface area contributed by atoms with Gasteiger partial charge in [-0.3, -0.25) is 9.79 Å². The van der Waals surface area contributed by atoms with Gasteiger partial charge in [-0.2, -0.15) is 0 Å². The summed E-state index contributed by atoms with van der Waals surface area (Å²) in [5, 5.41) is 9.26. The minimum atomic E-state index is -2.99. The average molecular weight is 551 g/mol. The van der Waals surface area contributed by atoms with Crippen molar-refractivity contribution in [3.8, 4) is 0 Å². The Hall–Kier alpha value is -1.36. The Kier molecular flexibility index (Phi) is 11.1. The van der Waals surface area contributed by atoms with E-state index < -0.39 is 9.84 Å². The molecular weight excluding hydrogens is 515 g/mol. The van der Waals surface area contributed by atoms with Crippen molar-refractivity contribution >= 4 is 45.7 Å². The fourth-order valence-corrected chi connectivity index (χ4v) is 5.07. The molecule has 0 aliphatic carbocycles. The number of sulfone groups is 1. The van der Waals surface area contributed by atoms with E-state index in [1.807, 2.05) is 0 Å². The molecule has 2 rings (SSSR count). The van der Waals surface area contributed by atoms with E-state index in [1.165, 1.54) is 11.1 Å². The molecule has 1 aromatic carbocycles. The maximum Gasteiger partial charge on any atom is 0.222 e. The van der Waals surface area contributed by atoms with Crippen LogP contribution in [-0.4, -0.2) is 51.4 Å². The number of nitrogens with one attached hydrogen (secondary N) is 3. The molecule has 30 heavy (non-hydrogen) atoms. The molecule has 7 nitrogen and oxygen atoms in total. The molecule has 2 atom stereocenters. The van der Waals surface area contributed by atoms with Gasteiger partial charge >= 0.3 is 0 Å². The summed E-state index contributed by atoms with van der Waals surface area (Å²) in [6.45, 7) is 6.91. The van der Waals surface area contributed by atoms with E-state index in [0.29, 0.717) is 24.8 Å². The summed E-state index contributed by atoms with van der Waals surface area (Å²) in [5.41, 5.74) is 2.50. The zero-order valence-electron chi connectivity index (χ0n) is 18.3. The average Bonchev–Trinajstić information content (AvgIpc) is 2.99. The van der Waals surface area contributed by atoms with Crippen LogP contribution in [0, 0.1) is 5.92 Å². The van der Waals surface area contributed by atoms with E-state index in [9.17, 15) is 13.2 Å². The van der Waals surface area contributed by atoms with Crippen LogP contribution in [0.3, 0.4) is 0 Å². The fraction of sp³-hybridized carbons (Fsp3) is 0.619. The molecule has 170 valence electrons. The van der Waals surface area contributed by atoms with E-state index in [0.717, 1.165) is 6.42 Å². The Balaban J connectivity index is 0.00000450. The number of carbonyl (C=O) groups excluding carboxylic acids is 1. The van der Waals surface area contributed by atoms with Gasteiger partial charge in [0.15, 0.2) is 15.8 Å². The van der Waals surface area contributed by atoms with Crippen LogP contribution in [0.25, 0.3) is 0 Å². The summed E-state index contributed by atoms with van der Waals surface area (Å²) in [6, 6.07) is 8.40. The van der Waals surface area contributed by atoms with Crippen molar-refractivity contribution in [1.82, 2.24) is 16.0 Å². The lowest BCUT2D eigenvalue weighted by atomic mass is 10.00. The SMILES string of the molecule is CN=C(NCCC(=O)NC1CCS(=O)(=O)C1)NC(C)c1ccc(CC(C)C)cc1.I. The molecule has 0 spiro atoms. The number of hydrogen-bond donors (Lipinski definition) is 3. The van der Waals surface area contributed by atoms with Gasteiger partial charge in [-0.1, -0.05) is 38.1 Å². The molecule has 0 aromatic heterocycles. The van der Waals surface area contributed by atoms with Crippen molar-refractivity contribution in [3.63, 3.8) is 0 Å². The van der Waals surface area contributed by atoms with E-state index in [1.54, 1.807) is 7.05 Å². The quantitative estimate of drug-likeness (QED) is 0.262. The van der Waals surface area contributed by atoms with E-state index in [2.05, 4.69) is 66.0 Å². The normalized spacial score (nSPS) is 19.1. The molecule has 1 aromatic rings. The summed E-state index contributed by atoms with van der Waals surface area (Å²) in [4.78, 5) is 16.2. The summed E-state index contributed by atoms with van der Waals surface area (Å²) in [6.07, 6.45) is 1.83. The number of hydrogen-bond acceptors (Lipinski definition) is 4. The van der Waals surface area contributed by atoms with Crippen LogP contribution in [0.15, 0.2) is 29.3 Å². The van der Waals surface area contributed by atoms with E-state index in [-0.39, 0.29) is 59.9 Å². The number of guanidine groups is 1. The number of benzene rings is 1. The lowest BCUT2D eigenvalue weighted by molar-refractivity contribution is -0.121. The van der Waals surface area contributed by atoms with Crippen LogP contribution in [0.4, 0.5) is 0 Å². The summed E-state index contributed by atoms with van der Waals surface area (Å²) < 4.78 is 22.9. The highest BCUT2D eigenvalue weighted by Crippen LogP contribution is 2.15. The van der Waals surface area contributed by atoms with Gasteiger partial charge in [0.05, 0.1) is 17.5 Å². The first-order chi connectivity index (χ1) is 13.7. The highest BCUT2D eigenvalue weighted by Gasteiger charge is 2.28. The largest absolute Gasteiger partial charge is 0.356 e. The Morgan fingerprint density at radius 1 is 1.20 bits per heavy atom. The van der Waals surface area contributed by atoms with Crippen LogP contribution < -0.4 is 16.0 Å². The van der Waals surface area contributed by atoms with Gasteiger partial charge in [0.25, 0.3) is 0 Å². The van der Waals surface area contributed by atoms with Gasteiger partial charge < -0.3 is 16.0 Å². The second kappa shape index (κ2) is 12.5. The Morgan fingerprint density at radius 3 is 2.40 bits per heavy atom. The third-order valence-electron chi connectivity index (χ3n) is 4.94. The van der Waals surface area contributed by atoms with Crippen molar-refractivity contribution < 1.29 is 13.2 Å². The second-order valence-corrected chi connectivity index (χ2v) is 10.4. The van der Waals surface area contributed by atoms with Crippen LogP contribution >= 0.6 is 24.0 Å². The third kappa shape index (κ3) is 9.20. The Labute approximate surface area is 197 Å². The topological polar surface area (TPSA) is 99.7 Å². The third-order valence-corrected chi connectivity index (χ3v) is 6.71. The molecule has 9 heteroatoms. The molecule has 1 aliphatic rings. The van der Waals surface area contributed by atoms with Crippen molar-refractivity contribution in [2.75, 3.05) is 25.1 Å². The molecule has 1 saturated heterocycles. The van der Waals surface area contributed by atoms with Gasteiger partial charge in [-0.15, -0.1) is 24.0 Å². The molecule has 1 aliphatic heterocycles. The highest BCUT2D eigenvalue weighted by molar-refractivity contribution is 14.0. The van der Waals surface area contributed by atoms with Crippen LogP contribution in [0.1, 0.15) is 50.8 Å². The van der Waals surface area contributed by atoms with Crippen molar-refractivity contribution in [1.29, 1.82) is 0 Å². The molecule has 0 radical (unpaired) electrons. The monoisotopic (exact) mass is 550 g/mol. The standard InChI is InChI=1S/C21H34N4O3S.HI/c1-15(2)13-17-5-7-18(8-6-17)16(3)24-21(22-4)23-11-9-20(26)25-19-10-12-29(27,28)14-19;/h5-8,15-16,19H,9-14H2,1-4H3,(H,25,26)(H2,22,23,24);1H. The number of amides is 1. The second-order valence-electron chi connectivity index (χ2n) is 8.12. The molecule has 2 unspecified atom stereocenters. The molecule has 0 saturated carbocycles. The lowest BCUT2D eigenvalue weighted by Gasteiger charge is -2.19. The number of halogens is 1. The number of aliphatic imine (C=N–C) groups is 1. The maximum atomic E-state index is 12.0. The zero-order chi connectivity index (χ0) is 21.4. The molecular formula is C21H35IN4O3S. The predicted octanol–water partition coefficient (Wildman–Crippen LogP) is 2.42. The van der Waals surface area contributed by atoms with Gasteiger partial charge in [0.2, 0.25) is 5.91 Å². The van der Waals surface area contributed by atoms with Crippen molar-refractivity contribution in [2.45, 2.75) is 52.1 Å². The smallest absolute Gasteiger partial charge is 0.222 e. The van der Waals surface area contributed by atoms with E-state index in [4.69, 9.17) is 0 Å². The number of rotatable bonds is 8. The van der Waals surface area contributed by atoms with Crippen molar-refractivity contribution in [3.05, 3.63) is 35.4 Å². The summed E-state index contributed by atoms with van der Waals surface area (Å²) in [7, 11) is -1.30. The predicted molar refractivity (Wildman–Crippen MR) is 133 cm³/mol. The number of carbonyl (C=O) groups is 1. The summed E-state index contributed by atoms with van der Waals surface area (Å²) >= 11 is 0. The Morgan fingerprint density at radius 2 is 1.87 bits per heavy atom. The van der Waals surface area contributed by atoms with Crippen molar-refractivity contribution in [2.24, 2.45) is 10.9 Å². The molecule has 1 amide bonds. The number of nitrogens with zero attached hydrogens (tertiary/aromatic N) is 1.